The van der Waals surface area contributed by atoms with Gasteiger partial charge in [-0.05, 0) is 37.7 Å². The molecule has 1 aliphatic carbocycles. The summed E-state index contributed by atoms with van der Waals surface area (Å²) in [6.07, 6.45) is 1.67. The monoisotopic (exact) mass is 495 g/mol. The first-order chi connectivity index (χ1) is 16.7. The zero-order chi connectivity index (χ0) is 24.7. The largest absolute Gasteiger partial charge is 0.376 e. The van der Waals surface area contributed by atoms with Crippen molar-refractivity contribution in [2.24, 2.45) is 0 Å². The predicted molar refractivity (Wildman–Crippen MR) is 120 cm³/mol. The van der Waals surface area contributed by atoms with Gasteiger partial charge in [-0.2, -0.15) is 0 Å². The highest BCUT2D eigenvalue weighted by Gasteiger charge is 2.42. The Kier molecular flexibility index (Phi) is 6.91. The van der Waals surface area contributed by atoms with Crippen LogP contribution in [-0.2, 0) is 27.3 Å². The lowest BCUT2D eigenvalue weighted by Gasteiger charge is -2.37. The number of hydrogen-bond acceptors (Lipinski definition) is 6. The average Bonchev–Trinajstić information content (AvgIpc) is 3.15. The van der Waals surface area contributed by atoms with Crippen LogP contribution in [0.25, 0.3) is 0 Å². The molecule has 1 aromatic carbocycles. The molecule has 2 amide bonds. The molecule has 4 aliphatic rings. The van der Waals surface area contributed by atoms with E-state index >= 15 is 4.39 Å². The number of ether oxygens (including phenoxy) is 1. The fourth-order valence-corrected chi connectivity index (χ4v) is 5.93. The van der Waals surface area contributed by atoms with Crippen LogP contribution in [0.15, 0.2) is 12.1 Å². The van der Waals surface area contributed by atoms with E-state index in [9.17, 15) is 23.5 Å². The van der Waals surface area contributed by atoms with Crippen molar-refractivity contribution in [3.05, 3.63) is 34.6 Å². The van der Waals surface area contributed by atoms with E-state index in [0.29, 0.717) is 42.6 Å². The van der Waals surface area contributed by atoms with Gasteiger partial charge in [-0.1, -0.05) is 12.1 Å². The molecule has 2 saturated heterocycles. The second-order valence-electron chi connectivity index (χ2n) is 10.3. The van der Waals surface area contributed by atoms with E-state index in [1.54, 1.807) is 12.1 Å². The van der Waals surface area contributed by atoms with Gasteiger partial charge in [0, 0.05) is 62.0 Å². The minimum atomic E-state index is -2.58. The Balaban J connectivity index is 1.27. The highest BCUT2D eigenvalue weighted by Crippen LogP contribution is 2.38. The number of fused-ring (bicyclic) bond motifs is 1. The molecule has 5 rings (SSSR count). The van der Waals surface area contributed by atoms with Crippen LogP contribution in [0.1, 0.15) is 74.3 Å². The van der Waals surface area contributed by atoms with E-state index in [1.807, 2.05) is 0 Å². The molecule has 1 saturated carbocycles. The van der Waals surface area contributed by atoms with Gasteiger partial charge in [0.2, 0.25) is 17.7 Å². The van der Waals surface area contributed by atoms with Gasteiger partial charge < -0.3 is 15.2 Å². The second kappa shape index (κ2) is 9.80. The molecule has 1 aromatic rings. The zero-order valence-corrected chi connectivity index (χ0v) is 19.6. The highest BCUT2D eigenvalue weighted by atomic mass is 19.3. The third-order valence-electron chi connectivity index (χ3n) is 7.93. The van der Waals surface area contributed by atoms with Crippen molar-refractivity contribution in [1.29, 1.82) is 0 Å². The van der Waals surface area contributed by atoms with Crippen molar-refractivity contribution in [2.75, 3.05) is 6.61 Å². The normalized spacial score (nSPS) is 31.9. The van der Waals surface area contributed by atoms with E-state index < -0.39 is 29.9 Å². The Hall–Kier alpha value is -2.01. The third kappa shape index (κ3) is 5.12. The quantitative estimate of drug-likeness (QED) is 0.545. The Labute approximate surface area is 202 Å². The second-order valence-corrected chi connectivity index (χ2v) is 10.3. The lowest BCUT2D eigenvalue weighted by atomic mass is 9.89. The first-order valence-corrected chi connectivity index (χ1v) is 12.5. The Morgan fingerprint density at radius 1 is 1.17 bits per heavy atom. The van der Waals surface area contributed by atoms with Gasteiger partial charge in [0.05, 0.1) is 12.1 Å². The number of nitrogens with zero attached hydrogens (tertiary/aromatic N) is 1. The molecule has 0 aromatic heterocycles. The number of amides is 2. The van der Waals surface area contributed by atoms with Gasteiger partial charge in [0.15, 0.2) is 0 Å². The first-order valence-electron chi connectivity index (χ1n) is 12.5. The smallest absolute Gasteiger partial charge is 0.248 e. The maximum absolute atomic E-state index is 15.6. The molecule has 192 valence electrons. The third-order valence-corrected chi connectivity index (χ3v) is 7.93. The first kappa shape index (κ1) is 24.7. The van der Waals surface area contributed by atoms with Gasteiger partial charge in [-0.3, -0.25) is 19.8 Å². The highest BCUT2D eigenvalue weighted by molar-refractivity contribution is 6.00. The van der Waals surface area contributed by atoms with Crippen molar-refractivity contribution >= 4 is 11.8 Å². The standard InChI is InChI=1S/C25H32F3N3O4/c26-22-14(12-20-18(2-1-11-35-20)29-15-7-9-25(27,28)10-8-15)3-4-16-17(22)13-31(24(16)34)19-5-6-21(32)30-23(19)33/h3-4,15,18-20,24,29,34H,1-2,5-13H2,(H,30,32,33)/t18-,19+,20+,24?/m0/s1. The fourth-order valence-electron chi connectivity index (χ4n) is 5.93. The molecule has 3 fully saturated rings. The molecule has 0 bridgehead atoms. The van der Waals surface area contributed by atoms with Crippen molar-refractivity contribution in [2.45, 2.75) is 101 Å². The van der Waals surface area contributed by atoms with Crippen LogP contribution in [0, 0.1) is 5.82 Å². The molecule has 4 atom stereocenters. The zero-order valence-electron chi connectivity index (χ0n) is 19.6. The minimum absolute atomic E-state index is 0.00548. The lowest BCUT2D eigenvalue weighted by molar-refractivity contribution is -0.141. The maximum atomic E-state index is 15.6. The number of halogens is 3. The number of carbonyl (C=O) groups excluding carboxylic acids is 2. The minimum Gasteiger partial charge on any atom is -0.376 e. The summed E-state index contributed by atoms with van der Waals surface area (Å²) in [5.74, 6) is -3.82. The molecule has 3 heterocycles. The summed E-state index contributed by atoms with van der Waals surface area (Å²) in [5, 5.41) is 16.6. The van der Waals surface area contributed by atoms with Crippen molar-refractivity contribution < 1.29 is 32.6 Å². The van der Waals surface area contributed by atoms with Crippen LogP contribution in [0.5, 0.6) is 0 Å². The van der Waals surface area contributed by atoms with E-state index in [-0.39, 0.29) is 56.3 Å². The Morgan fingerprint density at radius 3 is 2.69 bits per heavy atom. The van der Waals surface area contributed by atoms with Crippen LogP contribution in [0.3, 0.4) is 0 Å². The number of aliphatic hydroxyl groups is 1. The SMILES string of the molecule is O=C1CC[C@@H](N2Cc3c(ccc(C[C@H]4OCCC[C@@H]4NC4CCC(F)(F)CC4)c3F)C2O)C(=O)N1. The van der Waals surface area contributed by atoms with Crippen LogP contribution in [0.4, 0.5) is 13.2 Å². The van der Waals surface area contributed by atoms with Gasteiger partial charge >= 0.3 is 0 Å². The number of nitrogens with one attached hydrogen (secondary N) is 2. The Morgan fingerprint density at radius 2 is 1.94 bits per heavy atom. The summed E-state index contributed by atoms with van der Waals surface area (Å²) in [6.45, 7) is 0.645. The number of hydrogen-bond donors (Lipinski definition) is 3. The molecule has 35 heavy (non-hydrogen) atoms. The summed E-state index contributed by atoms with van der Waals surface area (Å²) in [4.78, 5) is 25.3. The summed E-state index contributed by atoms with van der Waals surface area (Å²) >= 11 is 0. The number of rotatable bonds is 5. The van der Waals surface area contributed by atoms with Crippen molar-refractivity contribution in [3.63, 3.8) is 0 Å². The summed E-state index contributed by atoms with van der Waals surface area (Å²) in [7, 11) is 0. The molecular weight excluding hydrogens is 463 g/mol. The fraction of sp³-hybridized carbons (Fsp3) is 0.680. The summed E-state index contributed by atoms with van der Waals surface area (Å²) in [6, 6.07) is 2.61. The predicted octanol–water partition coefficient (Wildman–Crippen LogP) is 2.70. The molecule has 0 spiro atoms. The van der Waals surface area contributed by atoms with Gasteiger partial charge in [0.1, 0.15) is 12.0 Å². The van der Waals surface area contributed by atoms with E-state index in [1.165, 1.54) is 4.90 Å². The Bertz CT molecular complexity index is 981. The van der Waals surface area contributed by atoms with E-state index in [4.69, 9.17) is 4.74 Å². The molecular formula is C25H32F3N3O4. The maximum Gasteiger partial charge on any atom is 0.248 e. The number of piperidine rings is 1. The van der Waals surface area contributed by atoms with Gasteiger partial charge in [-0.15, -0.1) is 0 Å². The van der Waals surface area contributed by atoms with Crippen molar-refractivity contribution in [1.82, 2.24) is 15.5 Å². The van der Waals surface area contributed by atoms with Gasteiger partial charge in [-0.25, -0.2) is 13.2 Å². The van der Waals surface area contributed by atoms with Crippen LogP contribution in [0.2, 0.25) is 0 Å². The van der Waals surface area contributed by atoms with Crippen LogP contribution in [-0.4, -0.2) is 58.6 Å². The van der Waals surface area contributed by atoms with Crippen LogP contribution >= 0.6 is 0 Å². The molecule has 3 N–H and O–H groups in total. The lowest BCUT2D eigenvalue weighted by Crippen LogP contribution is -2.51. The topological polar surface area (TPSA) is 90.9 Å². The number of alkyl halides is 2. The van der Waals surface area contributed by atoms with Crippen LogP contribution < -0.4 is 10.6 Å². The summed E-state index contributed by atoms with van der Waals surface area (Å²) < 4.78 is 48.7. The average molecular weight is 496 g/mol. The number of imide groups is 1. The summed E-state index contributed by atoms with van der Waals surface area (Å²) in [5.41, 5.74) is 1.25. The van der Waals surface area contributed by atoms with E-state index in [2.05, 4.69) is 10.6 Å². The molecule has 3 aliphatic heterocycles. The van der Waals surface area contributed by atoms with E-state index in [0.717, 1.165) is 12.8 Å². The molecule has 7 nitrogen and oxygen atoms in total. The number of benzene rings is 1. The number of carbonyl (C=O) groups is 2. The molecule has 10 heteroatoms. The van der Waals surface area contributed by atoms with Crippen molar-refractivity contribution in [3.8, 4) is 0 Å². The number of aliphatic hydroxyl groups excluding tert-OH is 1. The molecule has 0 radical (unpaired) electrons. The van der Waals surface area contributed by atoms with Gasteiger partial charge in [0.25, 0.3) is 0 Å². The molecule has 1 unspecified atom stereocenters.